The van der Waals surface area contributed by atoms with Crippen LogP contribution in [0.3, 0.4) is 0 Å². The smallest absolute Gasteiger partial charge is 0.243 e. The van der Waals surface area contributed by atoms with E-state index in [0.717, 1.165) is 12.5 Å². The van der Waals surface area contributed by atoms with Crippen LogP contribution in [-0.4, -0.2) is 37.5 Å². The number of hydrogen-bond donors (Lipinski definition) is 1. The van der Waals surface area contributed by atoms with Crippen LogP contribution in [0, 0.1) is 5.82 Å². The van der Waals surface area contributed by atoms with Gasteiger partial charge in [0.05, 0.1) is 16.0 Å². The lowest BCUT2D eigenvalue weighted by Crippen LogP contribution is -2.34. The molecule has 0 atom stereocenters. The van der Waals surface area contributed by atoms with Gasteiger partial charge in [-0.3, -0.25) is 0 Å². The van der Waals surface area contributed by atoms with Crippen molar-refractivity contribution < 1.29 is 17.9 Å². The third-order valence-corrected chi connectivity index (χ3v) is 5.18. The molecule has 108 valence electrons. The second-order valence-corrected chi connectivity index (χ2v) is 6.85. The lowest BCUT2D eigenvalue weighted by Gasteiger charge is -2.21. The van der Waals surface area contributed by atoms with Gasteiger partial charge in [-0.15, -0.1) is 0 Å². The highest BCUT2D eigenvalue weighted by Crippen LogP contribution is 2.22. The van der Waals surface area contributed by atoms with Crippen LogP contribution in [0.1, 0.15) is 19.8 Å². The Morgan fingerprint density at radius 1 is 1.37 bits per heavy atom. The predicted molar refractivity (Wildman–Crippen MR) is 74.9 cm³/mol. The van der Waals surface area contributed by atoms with Crippen molar-refractivity contribution in [1.82, 2.24) is 4.31 Å². The Kier molecular flexibility index (Phi) is 6.38. The molecule has 19 heavy (non-hydrogen) atoms. The average molecular weight is 354 g/mol. The topological polar surface area (TPSA) is 57.6 Å². The highest BCUT2D eigenvalue weighted by molar-refractivity contribution is 9.10. The van der Waals surface area contributed by atoms with Gasteiger partial charge in [0.15, 0.2) is 0 Å². The van der Waals surface area contributed by atoms with E-state index < -0.39 is 15.8 Å². The maximum atomic E-state index is 13.4. The van der Waals surface area contributed by atoms with Crippen LogP contribution in [0.5, 0.6) is 0 Å². The summed E-state index contributed by atoms with van der Waals surface area (Å²) in [6.07, 6.45) is 1.53. The standard InChI is InChI=1S/C12H17BrFNO3S/c1-2-3-6-15(7-8-16)19(17,18)10-4-5-11(13)12(14)9-10/h4-5,9,16H,2-3,6-8H2,1H3. The van der Waals surface area contributed by atoms with Gasteiger partial charge in [0, 0.05) is 13.1 Å². The lowest BCUT2D eigenvalue weighted by molar-refractivity contribution is 0.252. The fraction of sp³-hybridized carbons (Fsp3) is 0.500. The number of aliphatic hydroxyl groups excluding tert-OH is 1. The molecule has 1 rings (SSSR count). The molecule has 0 bridgehead atoms. The molecular weight excluding hydrogens is 337 g/mol. The summed E-state index contributed by atoms with van der Waals surface area (Å²) in [5.41, 5.74) is 0. The number of unbranched alkanes of at least 4 members (excludes halogenated alkanes) is 1. The van der Waals surface area contributed by atoms with Gasteiger partial charge in [-0.2, -0.15) is 4.31 Å². The van der Waals surface area contributed by atoms with Crippen LogP contribution in [-0.2, 0) is 10.0 Å². The second kappa shape index (κ2) is 7.33. The molecule has 1 aromatic carbocycles. The second-order valence-electron chi connectivity index (χ2n) is 4.06. The molecule has 0 heterocycles. The Bertz CT molecular complexity index is 522. The summed E-state index contributed by atoms with van der Waals surface area (Å²) < 4.78 is 39.5. The van der Waals surface area contributed by atoms with Gasteiger partial charge in [0.1, 0.15) is 5.82 Å². The first-order chi connectivity index (χ1) is 8.93. The minimum atomic E-state index is -3.76. The van der Waals surface area contributed by atoms with E-state index in [4.69, 9.17) is 5.11 Å². The molecule has 0 aromatic heterocycles. The predicted octanol–water partition coefficient (Wildman–Crippen LogP) is 2.37. The van der Waals surface area contributed by atoms with Crippen LogP contribution in [0.15, 0.2) is 27.6 Å². The molecule has 4 nitrogen and oxygen atoms in total. The van der Waals surface area contributed by atoms with Crippen molar-refractivity contribution in [3.05, 3.63) is 28.5 Å². The van der Waals surface area contributed by atoms with E-state index in [1.165, 1.54) is 16.4 Å². The fourth-order valence-corrected chi connectivity index (χ4v) is 3.31. The molecule has 0 spiro atoms. The maximum absolute atomic E-state index is 13.4. The molecule has 0 radical (unpaired) electrons. The minimum absolute atomic E-state index is 0.0139. The Morgan fingerprint density at radius 2 is 2.05 bits per heavy atom. The molecule has 0 aliphatic rings. The molecule has 0 amide bonds. The van der Waals surface area contributed by atoms with E-state index in [1.54, 1.807) is 0 Å². The van der Waals surface area contributed by atoms with Crippen molar-refractivity contribution in [3.63, 3.8) is 0 Å². The summed E-state index contributed by atoms with van der Waals surface area (Å²) in [7, 11) is -3.76. The Morgan fingerprint density at radius 3 is 2.58 bits per heavy atom. The molecule has 0 fully saturated rings. The van der Waals surface area contributed by atoms with E-state index in [9.17, 15) is 12.8 Å². The number of aliphatic hydroxyl groups is 1. The van der Waals surface area contributed by atoms with E-state index in [-0.39, 0.29) is 22.5 Å². The van der Waals surface area contributed by atoms with Crippen molar-refractivity contribution in [2.45, 2.75) is 24.7 Å². The van der Waals surface area contributed by atoms with Crippen LogP contribution in [0.4, 0.5) is 4.39 Å². The van der Waals surface area contributed by atoms with Crippen molar-refractivity contribution in [3.8, 4) is 0 Å². The highest BCUT2D eigenvalue weighted by atomic mass is 79.9. The first-order valence-electron chi connectivity index (χ1n) is 5.99. The van der Waals surface area contributed by atoms with Gasteiger partial charge in [-0.25, -0.2) is 12.8 Å². The van der Waals surface area contributed by atoms with E-state index >= 15 is 0 Å². The van der Waals surface area contributed by atoms with Gasteiger partial charge in [0.25, 0.3) is 0 Å². The third-order valence-electron chi connectivity index (χ3n) is 2.64. The highest BCUT2D eigenvalue weighted by Gasteiger charge is 2.24. The van der Waals surface area contributed by atoms with Crippen molar-refractivity contribution >= 4 is 26.0 Å². The molecule has 7 heteroatoms. The average Bonchev–Trinajstić information content (AvgIpc) is 2.37. The molecule has 0 saturated heterocycles. The molecule has 1 N–H and O–H groups in total. The zero-order chi connectivity index (χ0) is 14.5. The Balaban J connectivity index is 3.07. The summed E-state index contributed by atoms with van der Waals surface area (Å²) in [5.74, 6) is -0.625. The largest absolute Gasteiger partial charge is 0.395 e. The van der Waals surface area contributed by atoms with Crippen molar-refractivity contribution in [1.29, 1.82) is 0 Å². The quantitative estimate of drug-likeness (QED) is 0.818. The van der Waals surface area contributed by atoms with Gasteiger partial charge >= 0.3 is 0 Å². The summed E-state index contributed by atoms with van der Waals surface area (Å²) in [6, 6.07) is 3.69. The van der Waals surface area contributed by atoms with Gasteiger partial charge in [-0.1, -0.05) is 13.3 Å². The van der Waals surface area contributed by atoms with Gasteiger partial charge < -0.3 is 5.11 Å². The van der Waals surface area contributed by atoms with Crippen molar-refractivity contribution in [2.24, 2.45) is 0 Å². The molecule has 0 aliphatic heterocycles. The van der Waals surface area contributed by atoms with Crippen LogP contribution in [0.25, 0.3) is 0 Å². The number of nitrogens with zero attached hydrogens (tertiary/aromatic N) is 1. The zero-order valence-corrected chi connectivity index (χ0v) is 13.0. The molecule has 1 aromatic rings. The minimum Gasteiger partial charge on any atom is -0.395 e. The monoisotopic (exact) mass is 353 g/mol. The molecule has 0 unspecified atom stereocenters. The Hall–Kier alpha value is -0.500. The van der Waals surface area contributed by atoms with Gasteiger partial charge in [0.2, 0.25) is 10.0 Å². The number of sulfonamides is 1. The van der Waals surface area contributed by atoms with Crippen LogP contribution >= 0.6 is 15.9 Å². The molecule has 0 saturated carbocycles. The molecular formula is C12H17BrFNO3S. The number of hydrogen-bond acceptors (Lipinski definition) is 3. The fourth-order valence-electron chi connectivity index (χ4n) is 1.58. The normalized spacial score (nSPS) is 12.1. The third kappa shape index (κ3) is 4.24. The van der Waals surface area contributed by atoms with Crippen LogP contribution < -0.4 is 0 Å². The van der Waals surface area contributed by atoms with Crippen LogP contribution in [0.2, 0.25) is 0 Å². The van der Waals surface area contributed by atoms with Gasteiger partial charge in [-0.05, 0) is 40.5 Å². The number of benzene rings is 1. The first kappa shape index (κ1) is 16.6. The molecule has 0 aliphatic carbocycles. The Labute approximate surface area is 121 Å². The lowest BCUT2D eigenvalue weighted by atomic mass is 10.3. The SMILES string of the molecule is CCCCN(CCO)S(=O)(=O)c1ccc(Br)c(F)c1. The zero-order valence-electron chi connectivity index (χ0n) is 10.6. The summed E-state index contributed by atoms with van der Waals surface area (Å²) in [6.45, 7) is 2.02. The van der Waals surface area contributed by atoms with Crippen molar-refractivity contribution in [2.75, 3.05) is 19.7 Å². The summed E-state index contributed by atoms with van der Waals surface area (Å²) in [4.78, 5) is -0.0993. The van der Waals surface area contributed by atoms with E-state index in [1.807, 2.05) is 6.92 Å². The number of halogens is 2. The van der Waals surface area contributed by atoms with E-state index in [0.29, 0.717) is 13.0 Å². The van der Waals surface area contributed by atoms with E-state index in [2.05, 4.69) is 15.9 Å². The first-order valence-corrected chi connectivity index (χ1v) is 8.22. The summed E-state index contributed by atoms with van der Waals surface area (Å²) in [5, 5.41) is 8.96. The summed E-state index contributed by atoms with van der Waals surface area (Å²) >= 11 is 2.98. The number of rotatable bonds is 7. The maximum Gasteiger partial charge on any atom is 0.243 e.